The van der Waals surface area contributed by atoms with Gasteiger partial charge in [0.25, 0.3) is 0 Å². The molecule has 6 saturated heterocycles. The van der Waals surface area contributed by atoms with Crippen LogP contribution < -0.4 is 0 Å². The van der Waals surface area contributed by atoms with Gasteiger partial charge in [-0.3, -0.25) is 4.79 Å². The summed E-state index contributed by atoms with van der Waals surface area (Å²) in [6.07, 6.45) is -40.0. The summed E-state index contributed by atoms with van der Waals surface area (Å²) >= 11 is 0. The predicted octanol–water partition coefficient (Wildman–Crippen LogP) is -4.45. The molecule has 6 rings (SSSR count). The summed E-state index contributed by atoms with van der Waals surface area (Å²) in [6.45, 7) is 6.00. The molecule has 31 unspecified atom stereocenters. The van der Waals surface area contributed by atoms with Crippen molar-refractivity contribution in [3.05, 3.63) is 0 Å². The molecule has 468 valence electrons. The second-order valence-corrected chi connectivity index (χ2v) is 22.3. The van der Waals surface area contributed by atoms with Gasteiger partial charge in [0.1, 0.15) is 110 Å². The fourth-order valence-corrected chi connectivity index (χ4v) is 11.4. The van der Waals surface area contributed by atoms with Crippen LogP contribution in [-0.2, 0) is 61.6 Å². The lowest BCUT2D eigenvalue weighted by molar-refractivity contribution is -0.398. The van der Waals surface area contributed by atoms with Gasteiger partial charge in [-0.25, -0.2) is 0 Å². The first-order valence-electron chi connectivity index (χ1n) is 28.3. The molecule has 28 nitrogen and oxygen atoms in total. The largest absolute Gasteiger partial charge is 0.469 e. The lowest BCUT2D eigenvalue weighted by atomic mass is 9.81. The van der Waals surface area contributed by atoms with Crippen LogP contribution in [0.4, 0.5) is 0 Å². The molecule has 0 aromatic rings. The zero-order chi connectivity index (χ0) is 58.9. The van der Waals surface area contributed by atoms with Crippen LogP contribution in [0.2, 0.25) is 0 Å². The highest BCUT2D eigenvalue weighted by Gasteiger charge is 2.58. The number of carbonyl (C=O) groups excluding carboxylic acids is 1. The van der Waals surface area contributed by atoms with E-state index in [1.807, 2.05) is 6.92 Å². The van der Waals surface area contributed by atoms with Crippen molar-refractivity contribution in [3.63, 3.8) is 0 Å². The summed E-state index contributed by atoms with van der Waals surface area (Å²) in [4.78, 5) is 11.4. The van der Waals surface area contributed by atoms with Gasteiger partial charge in [0.05, 0.1) is 63.1 Å². The van der Waals surface area contributed by atoms with Gasteiger partial charge < -0.3 is 133 Å². The van der Waals surface area contributed by atoms with E-state index in [0.29, 0.717) is 25.7 Å². The third-order valence-electron chi connectivity index (χ3n) is 16.4. The maximum atomic E-state index is 12.5. The van der Waals surface area contributed by atoms with Crippen molar-refractivity contribution in [3.8, 4) is 0 Å². The number of aliphatic hydroxyl groups is 15. The molecule has 0 bridgehead atoms. The maximum absolute atomic E-state index is 12.5. The highest BCUT2D eigenvalue weighted by Crippen LogP contribution is 2.41. The summed E-state index contributed by atoms with van der Waals surface area (Å²) < 4.78 is 72.0. The number of hydrogen-bond donors (Lipinski definition) is 15. The minimum absolute atomic E-state index is 0.233. The Kier molecular flexibility index (Phi) is 26.3. The second kappa shape index (κ2) is 31.2. The van der Waals surface area contributed by atoms with Gasteiger partial charge >= 0.3 is 5.97 Å². The Labute approximate surface area is 465 Å². The number of carbonyl (C=O) groups is 1. The van der Waals surface area contributed by atoms with Crippen LogP contribution in [0.25, 0.3) is 0 Å². The predicted molar refractivity (Wildman–Crippen MR) is 268 cm³/mol. The van der Waals surface area contributed by atoms with Gasteiger partial charge in [-0.05, 0) is 53.4 Å². The SMILES string of the molecule is CCCC(CCCCCCCCCC(=O)OC)OC1OC(C)C(O)C(O)C1OC1OC(CO)C(O)C(O)C1OC1OC(C)C(OC2OC(C)C(O)C(O)C2O)C(CC2OC(CO)C(O)C(O)C2OC2OC(C)C(O)C(O)C2O)C1O. The standard InChI is InChI=1S/C52H92O28/c1-7-15-25(16-13-11-9-8-10-12-14-17-30(55)69-6)74-51-46(39(64)33(58)23(4)72-51)80-52-47(41(66)36(61)29(20-54)76-52)79-48-34(59)26(44(24(5)73-48)77-49-42(67)37(62)31(56)21(2)70-49)18-27-45(40(65)35(60)28(19-53)75-27)78-50-43(68)38(63)32(57)22(3)71-50/h21-29,31-54,56-68H,7-20H2,1-6H3. The molecule has 6 heterocycles. The summed E-state index contributed by atoms with van der Waals surface area (Å²) in [6, 6.07) is 0. The van der Waals surface area contributed by atoms with E-state index in [9.17, 15) is 81.4 Å². The molecule has 6 aliphatic rings. The van der Waals surface area contributed by atoms with Gasteiger partial charge in [-0.2, -0.15) is 0 Å². The molecule has 0 aromatic heterocycles. The molecule has 0 spiro atoms. The van der Waals surface area contributed by atoms with E-state index in [-0.39, 0.29) is 5.97 Å². The Hall–Kier alpha value is -1.57. The summed E-state index contributed by atoms with van der Waals surface area (Å²) in [5, 5.41) is 166. The monoisotopic (exact) mass is 1160 g/mol. The average molecular weight is 1170 g/mol. The minimum Gasteiger partial charge on any atom is -0.469 e. The molecule has 6 aliphatic heterocycles. The van der Waals surface area contributed by atoms with E-state index >= 15 is 0 Å². The molecule has 0 saturated carbocycles. The van der Waals surface area contributed by atoms with Gasteiger partial charge in [-0.1, -0.05) is 51.9 Å². The van der Waals surface area contributed by atoms with Crippen LogP contribution in [0.1, 0.15) is 112 Å². The first-order chi connectivity index (χ1) is 38.0. The summed E-state index contributed by atoms with van der Waals surface area (Å²) in [5.74, 6) is -1.66. The average Bonchev–Trinajstić information content (AvgIpc) is 3.43. The smallest absolute Gasteiger partial charge is 0.305 e. The molecule has 6 fully saturated rings. The molecular formula is C52H92O28. The number of hydrogen-bond acceptors (Lipinski definition) is 28. The number of ether oxygens (including phenoxy) is 12. The van der Waals surface area contributed by atoms with Crippen molar-refractivity contribution in [1.29, 1.82) is 0 Å². The quantitative estimate of drug-likeness (QED) is 0.0287. The Balaban J connectivity index is 1.26. The molecule has 0 radical (unpaired) electrons. The van der Waals surface area contributed by atoms with Crippen molar-refractivity contribution in [2.45, 2.75) is 296 Å². The molecule has 15 N–H and O–H groups in total. The Morgan fingerprint density at radius 2 is 0.838 bits per heavy atom. The van der Waals surface area contributed by atoms with Crippen LogP contribution in [0, 0.1) is 5.92 Å². The van der Waals surface area contributed by atoms with Crippen LogP contribution in [0.3, 0.4) is 0 Å². The highest BCUT2D eigenvalue weighted by molar-refractivity contribution is 5.68. The van der Waals surface area contributed by atoms with E-state index in [1.165, 1.54) is 34.8 Å². The van der Waals surface area contributed by atoms with Gasteiger partial charge in [-0.15, -0.1) is 0 Å². The van der Waals surface area contributed by atoms with E-state index in [0.717, 1.165) is 44.9 Å². The van der Waals surface area contributed by atoms with Gasteiger partial charge in [0.2, 0.25) is 0 Å². The van der Waals surface area contributed by atoms with Crippen LogP contribution in [0.15, 0.2) is 0 Å². The van der Waals surface area contributed by atoms with Crippen molar-refractivity contribution < 1.29 is 138 Å². The fourth-order valence-electron chi connectivity index (χ4n) is 11.4. The number of esters is 1. The topological polar surface area (TPSA) is 431 Å². The Morgan fingerprint density at radius 1 is 0.412 bits per heavy atom. The summed E-state index contributed by atoms with van der Waals surface area (Å²) in [5.41, 5.74) is 0. The molecule has 31 atom stereocenters. The van der Waals surface area contributed by atoms with E-state index < -0.39 is 210 Å². The molecule has 80 heavy (non-hydrogen) atoms. The second-order valence-electron chi connectivity index (χ2n) is 22.3. The normalized spacial score (nSPS) is 47.0. The molecule has 0 aromatic carbocycles. The minimum atomic E-state index is -2.00. The zero-order valence-electron chi connectivity index (χ0n) is 46.3. The highest BCUT2D eigenvalue weighted by atomic mass is 16.8. The first-order valence-corrected chi connectivity index (χ1v) is 28.3. The number of rotatable bonds is 26. The van der Waals surface area contributed by atoms with E-state index in [1.54, 1.807) is 0 Å². The number of aliphatic hydroxyl groups excluding tert-OH is 15. The van der Waals surface area contributed by atoms with E-state index in [2.05, 4.69) is 0 Å². The van der Waals surface area contributed by atoms with E-state index in [4.69, 9.17) is 56.8 Å². The third-order valence-corrected chi connectivity index (χ3v) is 16.4. The lowest BCUT2D eigenvalue weighted by Gasteiger charge is -2.51. The Bertz CT molecular complexity index is 1810. The molecule has 0 amide bonds. The fraction of sp³-hybridized carbons (Fsp3) is 0.981. The van der Waals surface area contributed by atoms with Crippen molar-refractivity contribution in [1.82, 2.24) is 0 Å². The molecule has 28 heteroatoms. The van der Waals surface area contributed by atoms with Gasteiger partial charge in [0, 0.05) is 12.3 Å². The molecular weight excluding hydrogens is 1070 g/mol. The number of unbranched alkanes of at least 4 members (excludes halogenated alkanes) is 6. The summed E-state index contributed by atoms with van der Waals surface area (Å²) in [7, 11) is 1.37. The first kappa shape index (κ1) is 67.6. The maximum Gasteiger partial charge on any atom is 0.305 e. The van der Waals surface area contributed by atoms with Crippen LogP contribution >= 0.6 is 0 Å². The van der Waals surface area contributed by atoms with Crippen LogP contribution in [-0.4, -0.2) is 287 Å². The number of methoxy groups -OCH3 is 1. The van der Waals surface area contributed by atoms with Gasteiger partial charge in [0.15, 0.2) is 31.5 Å². The van der Waals surface area contributed by atoms with Crippen molar-refractivity contribution in [2.24, 2.45) is 5.92 Å². The van der Waals surface area contributed by atoms with Crippen LogP contribution in [0.5, 0.6) is 0 Å². The molecule has 0 aliphatic carbocycles. The lowest BCUT2D eigenvalue weighted by Crippen LogP contribution is -2.67. The third kappa shape index (κ3) is 16.3. The van der Waals surface area contributed by atoms with Crippen molar-refractivity contribution in [2.75, 3.05) is 20.3 Å². The Morgan fingerprint density at radius 3 is 1.39 bits per heavy atom. The van der Waals surface area contributed by atoms with Crippen molar-refractivity contribution >= 4 is 5.97 Å². The zero-order valence-corrected chi connectivity index (χ0v) is 46.3.